The van der Waals surface area contributed by atoms with Gasteiger partial charge in [0.1, 0.15) is 11.4 Å². The average Bonchev–Trinajstić information content (AvgIpc) is 3.11. The maximum Gasteiger partial charge on any atom is 0.307 e. The van der Waals surface area contributed by atoms with Crippen molar-refractivity contribution in [3.8, 4) is 0 Å². The van der Waals surface area contributed by atoms with Crippen molar-refractivity contribution < 1.29 is 13.6 Å². The SMILES string of the molecule is CCN1c2cc(F)c(/C=N\NC(=O)c3cc4cc(Cl)ccc4o3)cc2C(C)=CC1(C)C. The van der Waals surface area contributed by atoms with Crippen LogP contribution in [-0.4, -0.2) is 24.2 Å². The second kappa shape index (κ2) is 7.85. The molecule has 1 aliphatic heterocycles. The molecule has 160 valence electrons. The zero-order valence-electron chi connectivity index (χ0n) is 17.8. The van der Waals surface area contributed by atoms with Crippen LogP contribution in [0.5, 0.6) is 0 Å². The number of benzene rings is 2. The molecule has 0 aliphatic carbocycles. The lowest BCUT2D eigenvalue weighted by atomic mass is 9.88. The predicted octanol–water partition coefficient (Wildman–Crippen LogP) is 6.01. The van der Waals surface area contributed by atoms with Crippen LogP contribution in [0.3, 0.4) is 0 Å². The summed E-state index contributed by atoms with van der Waals surface area (Å²) in [5.41, 5.74) is 5.90. The summed E-state index contributed by atoms with van der Waals surface area (Å²) in [7, 11) is 0. The molecule has 0 bridgehead atoms. The van der Waals surface area contributed by atoms with Gasteiger partial charge >= 0.3 is 5.91 Å². The third kappa shape index (κ3) is 3.95. The van der Waals surface area contributed by atoms with Crippen molar-refractivity contribution in [3.05, 3.63) is 70.2 Å². The monoisotopic (exact) mass is 439 g/mol. The van der Waals surface area contributed by atoms with Gasteiger partial charge in [-0.25, -0.2) is 9.82 Å². The summed E-state index contributed by atoms with van der Waals surface area (Å²) in [6.45, 7) is 9.04. The fraction of sp³-hybridized carbons (Fsp3) is 0.250. The molecule has 2 aromatic carbocycles. The van der Waals surface area contributed by atoms with Crippen LogP contribution in [0.25, 0.3) is 16.5 Å². The molecule has 1 aromatic heterocycles. The first kappa shape index (κ1) is 21.1. The minimum Gasteiger partial charge on any atom is -0.451 e. The Labute approximate surface area is 185 Å². The molecule has 0 fully saturated rings. The van der Waals surface area contributed by atoms with E-state index in [1.807, 2.05) is 6.92 Å². The summed E-state index contributed by atoms with van der Waals surface area (Å²) in [4.78, 5) is 14.5. The predicted molar refractivity (Wildman–Crippen MR) is 123 cm³/mol. The quantitative estimate of drug-likeness (QED) is 0.400. The molecule has 4 rings (SSSR count). The van der Waals surface area contributed by atoms with Gasteiger partial charge in [0.2, 0.25) is 0 Å². The molecule has 7 heteroatoms. The van der Waals surface area contributed by atoms with Gasteiger partial charge in [-0.05, 0) is 69.7 Å². The molecule has 1 amide bonds. The Balaban J connectivity index is 1.56. The maximum absolute atomic E-state index is 14.8. The highest BCUT2D eigenvalue weighted by Gasteiger charge is 2.31. The number of hydrogen-bond acceptors (Lipinski definition) is 4. The summed E-state index contributed by atoms with van der Waals surface area (Å²) in [5.74, 6) is -0.837. The Bertz CT molecular complexity index is 1240. The van der Waals surface area contributed by atoms with Crippen LogP contribution in [-0.2, 0) is 0 Å². The topological polar surface area (TPSA) is 57.8 Å². The molecule has 1 N–H and O–H groups in total. The van der Waals surface area contributed by atoms with Gasteiger partial charge in [-0.15, -0.1) is 0 Å². The molecule has 0 saturated carbocycles. The Morgan fingerprint density at radius 2 is 2.06 bits per heavy atom. The van der Waals surface area contributed by atoms with Crippen molar-refractivity contribution in [3.63, 3.8) is 0 Å². The largest absolute Gasteiger partial charge is 0.451 e. The molecular weight excluding hydrogens is 417 g/mol. The maximum atomic E-state index is 14.8. The van der Waals surface area contributed by atoms with Gasteiger partial charge in [0.15, 0.2) is 5.76 Å². The summed E-state index contributed by atoms with van der Waals surface area (Å²) in [5, 5.41) is 5.19. The number of allylic oxidation sites excluding steroid dienone is 1. The third-order valence-electron chi connectivity index (χ3n) is 5.48. The smallest absolute Gasteiger partial charge is 0.307 e. The van der Waals surface area contributed by atoms with Crippen molar-refractivity contribution in [2.75, 3.05) is 11.4 Å². The molecule has 0 saturated heterocycles. The van der Waals surface area contributed by atoms with E-state index >= 15 is 0 Å². The number of amides is 1. The van der Waals surface area contributed by atoms with Gasteiger partial charge in [0, 0.05) is 33.8 Å². The lowest BCUT2D eigenvalue weighted by molar-refractivity contribution is 0.0929. The van der Waals surface area contributed by atoms with E-state index in [0.717, 1.165) is 23.4 Å². The minimum absolute atomic E-state index is 0.0972. The average molecular weight is 440 g/mol. The van der Waals surface area contributed by atoms with Crippen molar-refractivity contribution in [1.82, 2.24) is 5.43 Å². The number of rotatable bonds is 4. The molecule has 0 atom stereocenters. The molecule has 31 heavy (non-hydrogen) atoms. The van der Waals surface area contributed by atoms with Crippen molar-refractivity contribution in [2.24, 2.45) is 5.10 Å². The highest BCUT2D eigenvalue weighted by Crippen LogP contribution is 2.39. The number of anilines is 1. The number of nitrogens with one attached hydrogen (secondary N) is 1. The van der Waals surface area contributed by atoms with Crippen LogP contribution in [0, 0.1) is 5.82 Å². The number of hydrogen-bond donors (Lipinski definition) is 1. The van der Waals surface area contributed by atoms with E-state index in [1.54, 1.807) is 30.3 Å². The Kier molecular flexibility index (Phi) is 5.35. The zero-order valence-corrected chi connectivity index (χ0v) is 18.5. The van der Waals surface area contributed by atoms with Crippen molar-refractivity contribution in [2.45, 2.75) is 33.2 Å². The van der Waals surface area contributed by atoms with Gasteiger partial charge < -0.3 is 9.32 Å². The minimum atomic E-state index is -0.531. The van der Waals surface area contributed by atoms with E-state index in [0.29, 0.717) is 21.6 Å². The summed E-state index contributed by atoms with van der Waals surface area (Å²) in [6, 6.07) is 9.96. The molecule has 0 unspecified atom stereocenters. The summed E-state index contributed by atoms with van der Waals surface area (Å²) < 4.78 is 20.3. The lowest BCUT2D eigenvalue weighted by Gasteiger charge is -2.42. The number of hydrazone groups is 1. The Morgan fingerprint density at radius 1 is 1.29 bits per heavy atom. The normalized spacial score (nSPS) is 15.3. The number of carbonyl (C=O) groups is 1. The molecule has 1 aliphatic rings. The van der Waals surface area contributed by atoms with E-state index in [2.05, 4.69) is 42.3 Å². The fourth-order valence-electron chi connectivity index (χ4n) is 4.13. The first-order valence-corrected chi connectivity index (χ1v) is 10.4. The van der Waals surface area contributed by atoms with Crippen LogP contribution in [0.2, 0.25) is 5.02 Å². The Morgan fingerprint density at radius 3 is 2.81 bits per heavy atom. The summed E-state index contributed by atoms with van der Waals surface area (Å²) >= 11 is 5.96. The van der Waals surface area contributed by atoms with Crippen LogP contribution < -0.4 is 10.3 Å². The van der Waals surface area contributed by atoms with Gasteiger partial charge in [-0.3, -0.25) is 4.79 Å². The van der Waals surface area contributed by atoms with E-state index in [1.165, 1.54) is 12.3 Å². The zero-order chi connectivity index (χ0) is 22.3. The van der Waals surface area contributed by atoms with Crippen LogP contribution >= 0.6 is 11.6 Å². The molecule has 0 radical (unpaired) electrons. The van der Waals surface area contributed by atoms with Gasteiger partial charge in [0.25, 0.3) is 0 Å². The van der Waals surface area contributed by atoms with E-state index < -0.39 is 11.7 Å². The highest BCUT2D eigenvalue weighted by atomic mass is 35.5. The fourth-order valence-corrected chi connectivity index (χ4v) is 4.31. The highest BCUT2D eigenvalue weighted by molar-refractivity contribution is 6.31. The summed E-state index contributed by atoms with van der Waals surface area (Å²) in [6.07, 6.45) is 3.48. The molecule has 3 aromatic rings. The van der Waals surface area contributed by atoms with E-state index in [9.17, 15) is 9.18 Å². The van der Waals surface area contributed by atoms with Crippen LogP contribution in [0.4, 0.5) is 10.1 Å². The second-order valence-electron chi connectivity index (χ2n) is 8.11. The molecule has 5 nitrogen and oxygen atoms in total. The van der Waals surface area contributed by atoms with E-state index in [-0.39, 0.29) is 11.3 Å². The number of nitrogens with zero attached hydrogens (tertiary/aromatic N) is 2. The van der Waals surface area contributed by atoms with Gasteiger partial charge in [-0.2, -0.15) is 5.10 Å². The Hall–Kier alpha value is -3.12. The number of furan rings is 1. The van der Waals surface area contributed by atoms with Crippen LogP contribution in [0.15, 0.2) is 52.0 Å². The lowest BCUT2D eigenvalue weighted by Crippen LogP contribution is -2.45. The van der Waals surface area contributed by atoms with Crippen molar-refractivity contribution >= 4 is 46.0 Å². The first-order valence-electron chi connectivity index (χ1n) is 10.0. The first-order chi connectivity index (χ1) is 14.7. The van der Waals surface area contributed by atoms with Crippen LogP contribution in [0.1, 0.15) is 49.4 Å². The van der Waals surface area contributed by atoms with Crippen molar-refractivity contribution in [1.29, 1.82) is 0 Å². The molecule has 2 heterocycles. The number of halogens is 2. The number of carbonyl (C=O) groups excluding carboxylic acids is 1. The molecule has 0 spiro atoms. The van der Waals surface area contributed by atoms with Gasteiger partial charge in [-0.1, -0.05) is 17.7 Å². The van der Waals surface area contributed by atoms with E-state index in [4.69, 9.17) is 16.0 Å². The number of likely N-dealkylation sites (N-methyl/N-ethyl adjacent to an activating group) is 1. The number of fused-ring (bicyclic) bond motifs is 2. The standard InChI is InChI=1S/C24H23ClFN3O2/c1-5-29-20-11-19(26)16(9-18(20)14(2)12-24(29,3)4)13-27-28-23(30)22-10-15-8-17(25)6-7-21(15)31-22/h6-13H,5H2,1-4H3,(H,28,30)/b27-13-. The second-order valence-corrected chi connectivity index (χ2v) is 8.54. The third-order valence-corrected chi connectivity index (χ3v) is 5.72. The molecular formula is C24H23ClFN3O2. The van der Waals surface area contributed by atoms with Gasteiger partial charge in [0.05, 0.1) is 11.8 Å².